The van der Waals surface area contributed by atoms with Gasteiger partial charge in [-0.05, 0) is 67.8 Å². The standard InChI is InChI=1S/C21H20BrN/c1-15-8-4-6-10-19(15)23(20-11-7-5-9-16(20)2)21-13-12-18(22)14-17(21)3/h4-14H,1-3H3. The first-order valence-corrected chi connectivity index (χ1v) is 8.55. The molecule has 2 heteroatoms. The van der Waals surface area contributed by atoms with Crippen molar-refractivity contribution in [1.82, 2.24) is 0 Å². The fourth-order valence-electron chi connectivity index (χ4n) is 2.89. The first-order valence-electron chi connectivity index (χ1n) is 7.75. The van der Waals surface area contributed by atoms with Crippen LogP contribution in [0.1, 0.15) is 16.7 Å². The van der Waals surface area contributed by atoms with Gasteiger partial charge in [-0.25, -0.2) is 0 Å². The number of rotatable bonds is 3. The Hall–Kier alpha value is -2.06. The summed E-state index contributed by atoms with van der Waals surface area (Å²) in [6.45, 7) is 6.48. The molecule has 0 aliphatic rings. The molecule has 0 heterocycles. The fourth-order valence-corrected chi connectivity index (χ4v) is 3.36. The lowest BCUT2D eigenvalue weighted by atomic mass is 10.1. The van der Waals surface area contributed by atoms with E-state index >= 15 is 0 Å². The maximum Gasteiger partial charge on any atom is 0.0491 e. The van der Waals surface area contributed by atoms with Gasteiger partial charge in [0.25, 0.3) is 0 Å². The molecule has 0 unspecified atom stereocenters. The van der Waals surface area contributed by atoms with Gasteiger partial charge >= 0.3 is 0 Å². The zero-order valence-corrected chi connectivity index (χ0v) is 15.3. The van der Waals surface area contributed by atoms with Gasteiger partial charge in [-0.3, -0.25) is 0 Å². The van der Waals surface area contributed by atoms with Crippen molar-refractivity contribution in [3.05, 3.63) is 87.9 Å². The van der Waals surface area contributed by atoms with E-state index in [2.05, 4.69) is 108 Å². The van der Waals surface area contributed by atoms with Crippen LogP contribution >= 0.6 is 15.9 Å². The Balaban J connectivity index is 2.27. The molecule has 116 valence electrons. The summed E-state index contributed by atoms with van der Waals surface area (Å²) in [5.74, 6) is 0. The Kier molecular flexibility index (Phi) is 4.53. The van der Waals surface area contributed by atoms with Crippen LogP contribution in [0.2, 0.25) is 0 Å². The van der Waals surface area contributed by atoms with Gasteiger partial charge in [-0.2, -0.15) is 0 Å². The Morgan fingerprint density at radius 2 is 1.09 bits per heavy atom. The third kappa shape index (κ3) is 3.18. The van der Waals surface area contributed by atoms with Gasteiger partial charge < -0.3 is 4.90 Å². The molecule has 0 fully saturated rings. The fraction of sp³-hybridized carbons (Fsp3) is 0.143. The van der Waals surface area contributed by atoms with E-state index in [1.165, 1.54) is 33.8 Å². The average molecular weight is 366 g/mol. The number of benzene rings is 3. The van der Waals surface area contributed by atoms with Crippen LogP contribution in [0.15, 0.2) is 71.2 Å². The number of hydrogen-bond acceptors (Lipinski definition) is 1. The van der Waals surface area contributed by atoms with Gasteiger partial charge in [0.1, 0.15) is 0 Å². The van der Waals surface area contributed by atoms with Crippen LogP contribution in [0.25, 0.3) is 0 Å². The van der Waals surface area contributed by atoms with Crippen molar-refractivity contribution in [1.29, 1.82) is 0 Å². The Morgan fingerprint density at radius 1 is 0.609 bits per heavy atom. The molecule has 0 saturated carbocycles. The van der Waals surface area contributed by atoms with Crippen LogP contribution in [-0.4, -0.2) is 0 Å². The Morgan fingerprint density at radius 3 is 1.57 bits per heavy atom. The van der Waals surface area contributed by atoms with Crippen LogP contribution in [-0.2, 0) is 0 Å². The smallest absolute Gasteiger partial charge is 0.0491 e. The van der Waals surface area contributed by atoms with Crippen LogP contribution in [0.5, 0.6) is 0 Å². The third-order valence-electron chi connectivity index (χ3n) is 4.11. The van der Waals surface area contributed by atoms with Gasteiger partial charge in [0.2, 0.25) is 0 Å². The van der Waals surface area contributed by atoms with E-state index in [9.17, 15) is 0 Å². The first kappa shape index (κ1) is 15.8. The molecule has 0 atom stereocenters. The number of aryl methyl sites for hydroxylation is 3. The van der Waals surface area contributed by atoms with Crippen molar-refractivity contribution >= 4 is 33.0 Å². The van der Waals surface area contributed by atoms with Crippen LogP contribution in [0, 0.1) is 20.8 Å². The van der Waals surface area contributed by atoms with Crippen molar-refractivity contribution in [2.24, 2.45) is 0 Å². The van der Waals surface area contributed by atoms with Crippen molar-refractivity contribution in [2.45, 2.75) is 20.8 Å². The molecular weight excluding hydrogens is 346 g/mol. The van der Waals surface area contributed by atoms with E-state index in [-0.39, 0.29) is 0 Å². The monoisotopic (exact) mass is 365 g/mol. The number of hydrogen-bond donors (Lipinski definition) is 0. The van der Waals surface area contributed by atoms with Gasteiger partial charge in [-0.15, -0.1) is 0 Å². The predicted molar refractivity (Wildman–Crippen MR) is 103 cm³/mol. The minimum Gasteiger partial charge on any atom is -0.310 e. The number of nitrogens with zero attached hydrogens (tertiary/aromatic N) is 1. The van der Waals surface area contributed by atoms with Gasteiger partial charge in [0.15, 0.2) is 0 Å². The molecule has 3 rings (SSSR count). The number of halogens is 1. The molecule has 0 bridgehead atoms. The number of anilines is 3. The maximum absolute atomic E-state index is 3.57. The Labute approximate surface area is 146 Å². The minimum absolute atomic E-state index is 1.10. The zero-order valence-electron chi connectivity index (χ0n) is 13.7. The SMILES string of the molecule is Cc1ccccc1N(c1ccccc1C)c1ccc(Br)cc1C. The lowest BCUT2D eigenvalue weighted by Gasteiger charge is -2.29. The molecular formula is C21H20BrN. The summed E-state index contributed by atoms with van der Waals surface area (Å²) in [7, 11) is 0. The molecule has 0 spiro atoms. The molecule has 0 aliphatic heterocycles. The molecule has 0 amide bonds. The van der Waals surface area contributed by atoms with Crippen molar-refractivity contribution in [3.63, 3.8) is 0 Å². The highest BCUT2D eigenvalue weighted by Gasteiger charge is 2.17. The zero-order chi connectivity index (χ0) is 16.4. The second-order valence-corrected chi connectivity index (χ2v) is 6.75. The predicted octanol–water partition coefficient (Wildman–Crippen LogP) is 6.84. The molecule has 23 heavy (non-hydrogen) atoms. The summed E-state index contributed by atoms with van der Waals surface area (Å²) in [5, 5.41) is 0. The van der Waals surface area contributed by atoms with E-state index < -0.39 is 0 Å². The second-order valence-electron chi connectivity index (χ2n) is 5.84. The highest BCUT2D eigenvalue weighted by atomic mass is 79.9. The molecule has 3 aromatic rings. The Bertz CT molecular complexity index is 793. The van der Waals surface area contributed by atoms with Crippen LogP contribution in [0.3, 0.4) is 0 Å². The molecule has 3 aromatic carbocycles. The van der Waals surface area contributed by atoms with E-state index in [0.717, 1.165) is 4.47 Å². The highest BCUT2D eigenvalue weighted by molar-refractivity contribution is 9.10. The second kappa shape index (κ2) is 6.59. The molecule has 0 N–H and O–H groups in total. The molecule has 0 radical (unpaired) electrons. The average Bonchev–Trinajstić information content (AvgIpc) is 2.53. The largest absolute Gasteiger partial charge is 0.310 e. The highest BCUT2D eigenvalue weighted by Crippen LogP contribution is 2.40. The summed E-state index contributed by atoms with van der Waals surface area (Å²) < 4.78 is 1.10. The van der Waals surface area contributed by atoms with E-state index in [1.807, 2.05) is 0 Å². The summed E-state index contributed by atoms with van der Waals surface area (Å²) in [4.78, 5) is 2.35. The first-order chi connectivity index (χ1) is 11.1. The summed E-state index contributed by atoms with van der Waals surface area (Å²) in [6.07, 6.45) is 0. The minimum atomic E-state index is 1.10. The molecule has 0 aliphatic carbocycles. The quantitative estimate of drug-likeness (QED) is 0.490. The third-order valence-corrected chi connectivity index (χ3v) is 4.61. The normalized spacial score (nSPS) is 10.6. The molecule has 0 saturated heterocycles. The summed E-state index contributed by atoms with van der Waals surface area (Å²) >= 11 is 3.57. The lowest BCUT2D eigenvalue weighted by molar-refractivity contribution is 1.20. The topological polar surface area (TPSA) is 3.24 Å². The molecule has 0 aromatic heterocycles. The van der Waals surface area contributed by atoms with E-state index in [0.29, 0.717) is 0 Å². The lowest BCUT2D eigenvalue weighted by Crippen LogP contribution is -2.13. The van der Waals surface area contributed by atoms with Crippen LogP contribution < -0.4 is 4.90 Å². The number of para-hydroxylation sites is 2. The molecule has 1 nitrogen and oxygen atoms in total. The van der Waals surface area contributed by atoms with Gasteiger partial charge in [0, 0.05) is 21.5 Å². The van der Waals surface area contributed by atoms with E-state index in [4.69, 9.17) is 0 Å². The van der Waals surface area contributed by atoms with Gasteiger partial charge in [0.05, 0.1) is 0 Å². The van der Waals surface area contributed by atoms with Crippen LogP contribution in [0.4, 0.5) is 17.1 Å². The van der Waals surface area contributed by atoms with Crippen molar-refractivity contribution in [3.8, 4) is 0 Å². The van der Waals surface area contributed by atoms with Crippen molar-refractivity contribution < 1.29 is 0 Å². The van der Waals surface area contributed by atoms with Crippen molar-refractivity contribution in [2.75, 3.05) is 4.90 Å². The van der Waals surface area contributed by atoms with E-state index in [1.54, 1.807) is 0 Å². The van der Waals surface area contributed by atoms with Gasteiger partial charge in [-0.1, -0.05) is 52.3 Å². The summed E-state index contributed by atoms with van der Waals surface area (Å²) in [6, 6.07) is 23.5. The maximum atomic E-state index is 3.57. The summed E-state index contributed by atoms with van der Waals surface area (Å²) in [5.41, 5.74) is 7.40.